The van der Waals surface area contributed by atoms with Gasteiger partial charge in [0.1, 0.15) is 0 Å². The average Bonchev–Trinajstić information content (AvgIpc) is 3.37. The van der Waals surface area contributed by atoms with Gasteiger partial charge in [-0.3, -0.25) is 14.4 Å². The largest absolute Gasteiger partial charge is 0.379 e. The summed E-state index contributed by atoms with van der Waals surface area (Å²) < 4.78 is 7.02. The number of benzene rings is 1. The fourth-order valence-corrected chi connectivity index (χ4v) is 5.42. The molecule has 2 fully saturated rings. The number of nitrogens with zero attached hydrogens (tertiary/aromatic N) is 2. The van der Waals surface area contributed by atoms with E-state index in [4.69, 9.17) is 4.74 Å². The number of carbonyl (C=O) groups excluding carboxylic acids is 3. The second-order valence-corrected chi connectivity index (χ2v) is 9.83. The summed E-state index contributed by atoms with van der Waals surface area (Å²) in [6.45, 7) is 1.88. The van der Waals surface area contributed by atoms with E-state index in [9.17, 15) is 14.4 Å². The Morgan fingerprint density at radius 1 is 1.37 bits per heavy atom. The van der Waals surface area contributed by atoms with Crippen LogP contribution in [-0.4, -0.2) is 66.2 Å². The molecule has 0 saturated carbocycles. The van der Waals surface area contributed by atoms with Crippen LogP contribution in [0.3, 0.4) is 0 Å². The second kappa shape index (κ2) is 9.32. The Hall–Kier alpha value is -2.17. The minimum absolute atomic E-state index is 0.00506. The van der Waals surface area contributed by atoms with Gasteiger partial charge >= 0.3 is 0 Å². The molecule has 0 aliphatic carbocycles. The quantitative estimate of drug-likeness (QED) is 0.657. The number of hydrogen-bond acceptors (Lipinski definition) is 7. The monoisotopic (exact) mass is 448 g/mol. The molecule has 160 valence electrons. The van der Waals surface area contributed by atoms with E-state index in [0.29, 0.717) is 37.6 Å². The lowest BCUT2D eigenvalue weighted by Gasteiger charge is -2.27. The van der Waals surface area contributed by atoms with E-state index >= 15 is 0 Å². The number of aromatic nitrogens is 1. The van der Waals surface area contributed by atoms with E-state index in [1.165, 1.54) is 23.1 Å². The van der Waals surface area contributed by atoms with Crippen molar-refractivity contribution in [3.8, 4) is 0 Å². The number of amides is 3. The molecule has 1 aromatic heterocycles. The highest BCUT2D eigenvalue weighted by atomic mass is 32.2. The van der Waals surface area contributed by atoms with Gasteiger partial charge in [0.2, 0.25) is 17.7 Å². The van der Waals surface area contributed by atoms with Crippen molar-refractivity contribution in [3.63, 3.8) is 0 Å². The van der Waals surface area contributed by atoms with Crippen LogP contribution in [0, 0.1) is 5.92 Å². The number of rotatable bonds is 6. The summed E-state index contributed by atoms with van der Waals surface area (Å²) in [5, 5.41) is 5.89. The predicted molar refractivity (Wildman–Crippen MR) is 117 cm³/mol. The van der Waals surface area contributed by atoms with Crippen molar-refractivity contribution in [2.45, 2.75) is 29.6 Å². The van der Waals surface area contributed by atoms with Crippen molar-refractivity contribution in [2.24, 2.45) is 5.92 Å². The zero-order valence-electron chi connectivity index (χ0n) is 16.7. The molecule has 2 aliphatic rings. The summed E-state index contributed by atoms with van der Waals surface area (Å²) in [6.07, 6.45) is 1.78. The van der Waals surface area contributed by atoms with Crippen LogP contribution in [0.5, 0.6) is 0 Å². The SMILES string of the molecule is CN1CC[C@@H](C(=O)Nc2ccc3nc(SCC(=O)N[C@@H]4CCOC4)sc3c2)CC1=O. The van der Waals surface area contributed by atoms with Crippen LogP contribution in [0.1, 0.15) is 19.3 Å². The molecule has 0 radical (unpaired) electrons. The molecule has 8 nitrogen and oxygen atoms in total. The molecule has 2 aliphatic heterocycles. The van der Waals surface area contributed by atoms with E-state index in [1.807, 2.05) is 18.2 Å². The first-order valence-corrected chi connectivity index (χ1v) is 11.7. The topological polar surface area (TPSA) is 101 Å². The lowest BCUT2D eigenvalue weighted by Crippen LogP contribution is -2.39. The van der Waals surface area contributed by atoms with Gasteiger partial charge in [0.15, 0.2) is 4.34 Å². The average molecular weight is 449 g/mol. The number of thioether (sulfide) groups is 1. The first-order valence-electron chi connectivity index (χ1n) is 9.93. The summed E-state index contributed by atoms with van der Waals surface area (Å²) in [6, 6.07) is 5.68. The second-order valence-electron chi connectivity index (χ2n) is 7.57. The number of nitrogens with one attached hydrogen (secondary N) is 2. The van der Waals surface area contributed by atoms with Gasteiger partial charge in [-0.2, -0.15) is 0 Å². The number of carbonyl (C=O) groups is 3. The fraction of sp³-hybridized carbons (Fsp3) is 0.500. The molecule has 0 unspecified atom stereocenters. The molecule has 3 heterocycles. The molecule has 2 aromatic rings. The number of anilines is 1. The Morgan fingerprint density at radius 2 is 2.23 bits per heavy atom. The summed E-state index contributed by atoms with van der Waals surface area (Å²) in [5.74, 6) is -0.117. The van der Waals surface area contributed by atoms with Gasteiger partial charge in [-0.05, 0) is 31.0 Å². The maximum atomic E-state index is 12.5. The maximum absolute atomic E-state index is 12.5. The molecule has 3 amide bonds. The molecule has 0 bridgehead atoms. The first kappa shape index (κ1) is 21.1. The third kappa shape index (κ3) is 5.11. The smallest absolute Gasteiger partial charge is 0.230 e. The molecule has 4 rings (SSSR count). The zero-order chi connectivity index (χ0) is 21.1. The maximum Gasteiger partial charge on any atom is 0.230 e. The lowest BCUT2D eigenvalue weighted by molar-refractivity contribution is -0.137. The van der Waals surface area contributed by atoms with Crippen LogP contribution in [0.2, 0.25) is 0 Å². The Balaban J connectivity index is 1.33. The van der Waals surface area contributed by atoms with E-state index in [0.717, 1.165) is 21.0 Å². The van der Waals surface area contributed by atoms with Crippen LogP contribution >= 0.6 is 23.1 Å². The van der Waals surface area contributed by atoms with Gasteiger partial charge < -0.3 is 20.3 Å². The summed E-state index contributed by atoms with van der Waals surface area (Å²) in [5.41, 5.74) is 1.53. The van der Waals surface area contributed by atoms with Crippen molar-refractivity contribution >= 4 is 56.7 Å². The molecule has 1 aromatic carbocycles. The Morgan fingerprint density at radius 3 is 3.00 bits per heavy atom. The predicted octanol–water partition coefficient (Wildman–Crippen LogP) is 2.10. The molecule has 10 heteroatoms. The van der Waals surface area contributed by atoms with E-state index in [2.05, 4.69) is 15.6 Å². The van der Waals surface area contributed by atoms with Crippen LogP contribution in [0.25, 0.3) is 10.2 Å². The number of piperidine rings is 1. The summed E-state index contributed by atoms with van der Waals surface area (Å²) >= 11 is 2.90. The van der Waals surface area contributed by atoms with Gasteiger partial charge in [0.25, 0.3) is 0 Å². The summed E-state index contributed by atoms with van der Waals surface area (Å²) in [7, 11) is 1.76. The Labute approximate surface area is 182 Å². The van der Waals surface area contributed by atoms with Crippen LogP contribution in [-0.2, 0) is 19.1 Å². The molecular weight excluding hydrogens is 424 g/mol. The number of hydrogen-bond donors (Lipinski definition) is 2. The van der Waals surface area contributed by atoms with Crippen LogP contribution in [0.15, 0.2) is 22.5 Å². The third-order valence-corrected chi connectivity index (χ3v) is 7.45. The van der Waals surface area contributed by atoms with Gasteiger partial charge in [-0.1, -0.05) is 11.8 Å². The van der Waals surface area contributed by atoms with Crippen molar-refractivity contribution in [2.75, 3.05) is 37.9 Å². The highest BCUT2D eigenvalue weighted by Gasteiger charge is 2.28. The third-order valence-electron chi connectivity index (χ3n) is 5.29. The van der Waals surface area contributed by atoms with E-state index in [-0.39, 0.29) is 36.1 Å². The van der Waals surface area contributed by atoms with E-state index < -0.39 is 0 Å². The van der Waals surface area contributed by atoms with Gasteiger partial charge in [0, 0.05) is 38.2 Å². The van der Waals surface area contributed by atoms with Gasteiger partial charge in [0.05, 0.1) is 28.6 Å². The van der Waals surface area contributed by atoms with Crippen molar-refractivity contribution in [3.05, 3.63) is 18.2 Å². The van der Waals surface area contributed by atoms with Crippen molar-refractivity contribution in [1.82, 2.24) is 15.2 Å². The van der Waals surface area contributed by atoms with Crippen molar-refractivity contribution in [1.29, 1.82) is 0 Å². The highest BCUT2D eigenvalue weighted by molar-refractivity contribution is 8.01. The normalized spacial score (nSPS) is 21.8. The van der Waals surface area contributed by atoms with Crippen molar-refractivity contribution < 1.29 is 19.1 Å². The number of fused-ring (bicyclic) bond motifs is 1. The lowest BCUT2D eigenvalue weighted by atomic mass is 9.95. The number of ether oxygens (including phenoxy) is 1. The molecule has 2 atom stereocenters. The van der Waals surface area contributed by atoms with Gasteiger partial charge in [-0.25, -0.2) is 4.98 Å². The molecule has 2 N–H and O–H groups in total. The standard InChI is InChI=1S/C20H24N4O4S2/c1-24-6-4-12(8-18(24)26)19(27)22-13-2-3-15-16(9-13)30-20(23-15)29-11-17(25)21-14-5-7-28-10-14/h2-3,9,12,14H,4-8,10-11H2,1H3,(H,21,25)(H,22,27)/t12-,14-/m1/s1. The zero-order valence-corrected chi connectivity index (χ0v) is 18.3. The highest BCUT2D eigenvalue weighted by Crippen LogP contribution is 2.31. The van der Waals surface area contributed by atoms with Crippen LogP contribution < -0.4 is 10.6 Å². The Bertz CT molecular complexity index is 957. The molecular formula is C20H24N4O4S2. The minimum atomic E-state index is -0.291. The Kier molecular flexibility index (Phi) is 6.55. The molecule has 30 heavy (non-hydrogen) atoms. The minimum Gasteiger partial charge on any atom is -0.379 e. The van der Waals surface area contributed by atoms with Gasteiger partial charge in [-0.15, -0.1) is 11.3 Å². The first-order chi connectivity index (χ1) is 14.5. The fourth-order valence-electron chi connectivity index (χ4n) is 3.50. The van der Waals surface area contributed by atoms with E-state index in [1.54, 1.807) is 11.9 Å². The van der Waals surface area contributed by atoms with Crippen LogP contribution in [0.4, 0.5) is 5.69 Å². The molecule has 2 saturated heterocycles. The number of thiazole rings is 1. The number of likely N-dealkylation sites (tertiary alicyclic amines) is 1. The summed E-state index contributed by atoms with van der Waals surface area (Å²) in [4.78, 5) is 42.7. The molecule has 0 spiro atoms.